The molecule has 1 fully saturated rings. The van der Waals surface area contributed by atoms with E-state index in [-0.39, 0.29) is 17.4 Å². The molecule has 4 N–H and O–H groups in total. The van der Waals surface area contributed by atoms with Crippen LogP contribution in [-0.2, 0) is 15.0 Å². The molecule has 0 radical (unpaired) electrons. The fraction of sp³-hybridized carbons (Fsp3) is 0.917. The normalized spacial score (nSPS) is 34.4. The van der Waals surface area contributed by atoms with E-state index in [2.05, 4.69) is 4.40 Å². The van der Waals surface area contributed by atoms with E-state index in [1.807, 2.05) is 13.8 Å². The van der Waals surface area contributed by atoms with Gasteiger partial charge in [0.1, 0.15) is 29.9 Å². The molecule has 0 aromatic rings. The van der Waals surface area contributed by atoms with Crippen molar-refractivity contribution >= 4 is 27.1 Å². The fourth-order valence-corrected chi connectivity index (χ4v) is 3.89. The minimum Gasteiger partial charge on any atom is -0.730 e. The van der Waals surface area contributed by atoms with E-state index in [0.29, 0.717) is 18.2 Å². The van der Waals surface area contributed by atoms with Gasteiger partial charge in [0.25, 0.3) is 0 Å². The summed E-state index contributed by atoms with van der Waals surface area (Å²) in [5, 5.41) is 38.4. The zero-order valence-corrected chi connectivity index (χ0v) is 14.4. The summed E-state index contributed by atoms with van der Waals surface area (Å²) in [7, 11) is -4.87. The molecule has 136 valence electrons. The van der Waals surface area contributed by atoms with Gasteiger partial charge < -0.3 is 29.7 Å². The maximum atomic E-state index is 10.9. The lowest BCUT2D eigenvalue weighted by Crippen LogP contribution is -2.57. The number of hydrogen-bond donors (Lipinski definition) is 4. The second-order valence-corrected chi connectivity index (χ2v) is 7.66. The monoisotopic (exact) mass is 372 g/mol. The van der Waals surface area contributed by atoms with E-state index >= 15 is 0 Å². The van der Waals surface area contributed by atoms with Crippen molar-refractivity contribution in [3.05, 3.63) is 0 Å². The third-order valence-electron chi connectivity index (χ3n) is 3.53. The van der Waals surface area contributed by atoms with Gasteiger partial charge in [-0.2, -0.15) is 4.40 Å². The Morgan fingerprint density at radius 2 is 1.91 bits per heavy atom. The zero-order chi connectivity index (χ0) is 17.8. The molecule has 0 spiro atoms. The van der Waals surface area contributed by atoms with Gasteiger partial charge in [-0.05, 0) is 12.3 Å². The first-order chi connectivity index (χ1) is 10.6. The predicted molar refractivity (Wildman–Crippen MR) is 82.6 cm³/mol. The van der Waals surface area contributed by atoms with Crippen molar-refractivity contribution in [1.29, 1.82) is 0 Å². The molecule has 1 aliphatic heterocycles. The summed E-state index contributed by atoms with van der Waals surface area (Å²) < 4.78 is 41.0. The van der Waals surface area contributed by atoms with Crippen LogP contribution >= 0.6 is 11.8 Å². The summed E-state index contributed by atoms with van der Waals surface area (Å²) in [6, 6.07) is 0. The van der Waals surface area contributed by atoms with Crippen LogP contribution in [0.4, 0.5) is 0 Å². The first-order valence-electron chi connectivity index (χ1n) is 7.10. The second kappa shape index (κ2) is 8.72. The number of rotatable bonds is 6. The minimum absolute atomic E-state index is 0.0351. The van der Waals surface area contributed by atoms with Crippen molar-refractivity contribution in [3.8, 4) is 0 Å². The summed E-state index contributed by atoms with van der Waals surface area (Å²) in [4.78, 5) is 0. The van der Waals surface area contributed by atoms with Crippen molar-refractivity contribution in [2.24, 2.45) is 10.3 Å². The van der Waals surface area contributed by atoms with Gasteiger partial charge in [0.05, 0.1) is 11.7 Å². The molecular weight excluding hydrogens is 350 g/mol. The highest BCUT2D eigenvalue weighted by Crippen LogP contribution is 2.31. The van der Waals surface area contributed by atoms with Crippen LogP contribution in [0.25, 0.3) is 0 Å². The van der Waals surface area contributed by atoms with Gasteiger partial charge in [-0.25, -0.2) is 8.42 Å². The smallest absolute Gasteiger partial charge is 0.203 e. The second-order valence-electron chi connectivity index (χ2n) is 5.45. The summed E-state index contributed by atoms with van der Waals surface area (Å²) >= 11 is 0.686. The maximum Gasteiger partial charge on any atom is 0.203 e. The Kier molecular flexibility index (Phi) is 7.87. The lowest BCUT2D eigenvalue weighted by Gasteiger charge is -2.39. The van der Waals surface area contributed by atoms with E-state index in [4.69, 9.17) is 9.84 Å². The molecular formula is C12H22NO8S2-. The van der Waals surface area contributed by atoms with Gasteiger partial charge in [-0.1, -0.05) is 32.0 Å². The Morgan fingerprint density at radius 1 is 1.30 bits per heavy atom. The highest BCUT2D eigenvalue weighted by Gasteiger charge is 2.44. The number of nitrogens with zero attached hydrogens (tertiary/aromatic N) is 1. The third kappa shape index (κ3) is 6.27. The molecule has 0 saturated carbocycles. The van der Waals surface area contributed by atoms with Gasteiger partial charge >= 0.3 is 0 Å². The highest BCUT2D eigenvalue weighted by atomic mass is 32.2. The van der Waals surface area contributed by atoms with Crippen molar-refractivity contribution in [3.63, 3.8) is 0 Å². The SMILES string of the molecule is CCC(C)CC(=NS(=O)(=O)[O-])S[C@@H]1O[C@H](CO)[C@@H](O)[C@H](O)[C@H]1O. The van der Waals surface area contributed by atoms with Gasteiger partial charge in [-0.3, -0.25) is 0 Å². The number of thioether (sulfide) groups is 1. The van der Waals surface area contributed by atoms with Crippen LogP contribution in [0.5, 0.6) is 0 Å². The third-order valence-corrected chi connectivity index (χ3v) is 5.25. The molecule has 1 saturated heterocycles. The van der Waals surface area contributed by atoms with Crippen molar-refractivity contribution < 1.29 is 38.1 Å². The van der Waals surface area contributed by atoms with Crippen LogP contribution in [0.1, 0.15) is 26.7 Å². The predicted octanol–water partition coefficient (Wildman–Crippen LogP) is -1.19. The molecule has 1 unspecified atom stereocenters. The lowest BCUT2D eigenvalue weighted by atomic mass is 10.0. The minimum atomic E-state index is -4.87. The molecule has 1 aliphatic rings. The lowest BCUT2D eigenvalue weighted by molar-refractivity contribution is -0.205. The maximum absolute atomic E-state index is 10.9. The summed E-state index contributed by atoms with van der Waals surface area (Å²) in [6.07, 6.45) is -4.84. The van der Waals surface area contributed by atoms with Crippen LogP contribution < -0.4 is 0 Å². The molecule has 23 heavy (non-hydrogen) atoms. The molecule has 0 aliphatic carbocycles. The largest absolute Gasteiger partial charge is 0.730 e. The quantitative estimate of drug-likeness (QED) is 0.255. The van der Waals surface area contributed by atoms with E-state index < -0.39 is 46.8 Å². The van der Waals surface area contributed by atoms with Crippen LogP contribution in [0.2, 0.25) is 0 Å². The molecule has 11 heteroatoms. The molecule has 0 amide bonds. The summed E-state index contributed by atoms with van der Waals surface area (Å²) in [6.45, 7) is 3.12. The standard InChI is InChI=1S/C12H23NO8S2/c1-3-6(2)4-8(13-23(18,19)20)22-12-11(17)10(16)9(15)7(5-14)21-12/h6-7,9-12,14-17H,3-5H2,1-2H3,(H,18,19,20)/p-1/t6?,7-,9-,10+,11-,12+/m1/s1. The molecule has 0 aromatic carbocycles. The fourth-order valence-electron chi connectivity index (χ4n) is 1.97. The Balaban J connectivity index is 2.95. The van der Waals surface area contributed by atoms with E-state index in [9.17, 15) is 28.3 Å². The first kappa shape index (κ1) is 20.8. The Hall–Kier alpha value is -0.270. The average Bonchev–Trinajstić information content (AvgIpc) is 2.45. The van der Waals surface area contributed by atoms with E-state index in [0.717, 1.165) is 0 Å². The molecule has 0 bridgehead atoms. The molecule has 0 aromatic heterocycles. The Labute approximate surface area is 139 Å². The van der Waals surface area contributed by atoms with Crippen molar-refractivity contribution in [2.45, 2.75) is 56.5 Å². The topological polar surface area (TPSA) is 160 Å². The average molecular weight is 372 g/mol. The van der Waals surface area contributed by atoms with Gasteiger partial charge in [0.2, 0.25) is 10.3 Å². The Bertz CT molecular complexity index is 509. The highest BCUT2D eigenvalue weighted by molar-refractivity contribution is 8.14. The summed E-state index contributed by atoms with van der Waals surface area (Å²) in [5.41, 5.74) is -1.17. The first-order valence-corrected chi connectivity index (χ1v) is 9.35. The Morgan fingerprint density at radius 3 is 2.39 bits per heavy atom. The van der Waals surface area contributed by atoms with Crippen LogP contribution in [0, 0.1) is 5.92 Å². The molecule has 1 heterocycles. The van der Waals surface area contributed by atoms with Gasteiger partial charge in [-0.15, -0.1) is 0 Å². The van der Waals surface area contributed by atoms with E-state index in [1.54, 1.807) is 0 Å². The number of hydrogen-bond acceptors (Lipinski definition) is 9. The number of aliphatic hydroxyl groups excluding tert-OH is 4. The van der Waals surface area contributed by atoms with Crippen molar-refractivity contribution in [1.82, 2.24) is 0 Å². The molecule has 9 nitrogen and oxygen atoms in total. The van der Waals surface area contributed by atoms with Crippen LogP contribution in [0.15, 0.2) is 4.40 Å². The van der Waals surface area contributed by atoms with Crippen molar-refractivity contribution in [2.75, 3.05) is 6.61 Å². The van der Waals surface area contributed by atoms with E-state index in [1.165, 1.54) is 0 Å². The molecule has 1 rings (SSSR count). The molecule has 6 atom stereocenters. The van der Waals surface area contributed by atoms with Crippen LogP contribution in [-0.4, -0.2) is 74.9 Å². The van der Waals surface area contributed by atoms with Crippen LogP contribution in [0.3, 0.4) is 0 Å². The number of aliphatic hydroxyl groups is 4. The van der Waals surface area contributed by atoms with Gasteiger partial charge in [0, 0.05) is 0 Å². The zero-order valence-electron chi connectivity index (χ0n) is 12.8. The van der Waals surface area contributed by atoms with Gasteiger partial charge in [0.15, 0.2) is 0 Å². The number of ether oxygens (including phenoxy) is 1. The summed E-state index contributed by atoms with van der Waals surface area (Å²) in [5.74, 6) is 0.0351.